The number of amides is 1. The second-order valence-electron chi connectivity index (χ2n) is 7.95. The van der Waals surface area contributed by atoms with Crippen molar-refractivity contribution in [2.45, 2.75) is 31.1 Å². The van der Waals surface area contributed by atoms with Gasteiger partial charge in [-0.05, 0) is 60.1 Å². The second-order valence-corrected chi connectivity index (χ2v) is 11.4. The van der Waals surface area contributed by atoms with Crippen LogP contribution in [0.2, 0.25) is 0 Å². The molecular formula is C22H30N2O2S. The number of hydrogen-bond donors (Lipinski definition) is 2. The van der Waals surface area contributed by atoms with E-state index in [2.05, 4.69) is 24.3 Å². The quantitative estimate of drug-likeness (QED) is 0.777. The van der Waals surface area contributed by atoms with E-state index in [4.69, 9.17) is 5.73 Å². The monoisotopic (exact) mass is 386 g/mol. The maximum Gasteiger partial charge on any atom is 0.253 e. The van der Waals surface area contributed by atoms with Crippen LogP contribution in [0, 0.1) is 0 Å². The molecule has 0 atom stereocenters. The SMILES string of the molecule is C[SH](C)(=O)Cc1cccc(C(=O)N2CCC(c3cccc(CN)c3)CC2)c1. The summed E-state index contributed by atoms with van der Waals surface area (Å²) in [5, 5.41) is 0. The Bertz CT molecular complexity index is 851. The van der Waals surface area contributed by atoms with E-state index in [-0.39, 0.29) is 5.91 Å². The van der Waals surface area contributed by atoms with Gasteiger partial charge in [-0.1, -0.05) is 36.4 Å². The highest BCUT2D eigenvalue weighted by Gasteiger charge is 2.24. The summed E-state index contributed by atoms with van der Waals surface area (Å²) in [6.07, 6.45) is 5.51. The lowest BCUT2D eigenvalue weighted by Gasteiger charge is -2.32. The molecule has 0 aliphatic carbocycles. The van der Waals surface area contributed by atoms with Crippen LogP contribution >= 0.6 is 0 Å². The van der Waals surface area contributed by atoms with Crippen LogP contribution < -0.4 is 5.73 Å². The highest BCUT2D eigenvalue weighted by atomic mass is 32.2. The molecule has 1 heterocycles. The van der Waals surface area contributed by atoms with Gasteiger partial charge in [0.05, 0.1) is 0 Å². The lowest BCUT2D eigenvalue weighted by atomic mass is 9.88. The number of likely N-dealkylation sites (tertiary alicyclic amines) is 1. The zero-order valence-electron chi connectivity index (χ0n) is 16.2. The first-order valence-corrected chi connectivity index (χ1v) is 12.4. The first-order chi connectivity index (χ1) is 12.9. The van der Waals surface area contributed by atoms with Crippen molar-refractivity contribution in [3.8, 4) is 0 Å². The van der Waals surface area contributed by atoms with Crippen molar-refractivity contribution in [1.29, 1.82) is 0 Å². The van der Waals surface area contributed by atoms with Gasteiger partial charge in [0.25, 0.3) is 5.91 Å². The molecule has 1 saturated heterocycles. The average Bonchev–Trinajstić information content (AvgIpc) is 2.66. The minimum atomic E-state index is -2.15. The summed E-state index contributed by atoms with van der Waals surface area (Å²) in [5.74, 6) is 1.10. The molecule has 3 rings (SSSR count). The largest absolute Gasteiger partial charge is 0.339 e. The first kappa shape index (κ1) is 19.8. The van der Waals surface area contributed by atoms with Crippen LogP contribution in [0.5, 0.6) is 0 Å². The molecule has 0 aromatic heterocycles. The lowest BCUT2D eigenvalue weighted by Crippen LogP contribution is -2.38. The predicted octanol–water partition coefficient (Wildman–Crippen LogP) is 2.94. The summed E-state index contributed by atoms with van der Waals surface area (Å²) in [6.45, 7) is 2.09. The van der Waals surface area contributed by atoms with Crippen molar-refractivity contribution >= 4 is 15.8 Å². The number of benzene rings is 2. The molecule has 146 valence electrons. The van der Waals surface area contributed by atoms with E-state index in [0.717, 1.165) is 37.1 Å². The fourth-order valence-electron chi connectivity index (χ4n) is 3.81. The molecule has 27 heavy (non-hydrogen) atoms. The van der Waals surface area contributed by atoms with Crippen LogP contribution in [-0.4, -0.2) is 40.6 Å². The molecule has 0 radical (unpaired) electrons. The van der Waals surface area contributed by atoms with Crippen molar-refractivity contribution < 1.29 is 9.00 Å². The molecule has 1 aliphatic heterocycles. The summed E-state index contributed by atoms with van der Waals surface area (Å²) in [6, 6.07) is 16.1. The normalized spacial score (nSPS) is 16.3. The molecule has 0 saturated carbocycles. The van der Waals surface area contributed by atoms with Crippen molar-refractivity contribution in [2.24, 2.45) is 5.73 Å². The van der Waals surface area contributed by atoms with E-state index in [0.29, 0.717) is 23.8 Å². The number of rotatable bonds is 5. The summed E-state index contributed by atoms with van der Waals surface area (Å²) in [7, 11) is -2.15. The Labute approximate surface area is 163 Å². The summed E-state index contributed by atoms with van der Waals surface area (Å²) < 4.78 is 12.1. The molecule has 0 unspecified atom stereocenters. The van der Waals surface area contributed by atoms with E-state index in [1.807, 2.05) is 29.2 Å². The van der Waals surface area contributed by atoms with E-state index in [1.54, 1.807) is 12.5 Å². The van der Waals surface area contributed by atoms with Crippen molar-refractivity contribution in [3.63, 3.8) is 0 Å². The van der Waals surface area contributed by atoms with E-state index in [1.165, 1.54) is 5.56 Å². The number of carbonyl (C=O) groups excluding carboxylic acids is 1. The van der Waals surface area contributed by atoms with Gasteiger partial charge >= 0.3 is 0 Å². The molecule has 2 aromatic carbocycles. The van der Waals surface area contributed by atoms with E-state index in [9.17, 15) is 9.00 Å². The van der Waals surface area contributed by atoms with Gasteiger partial charge in [0, 0.05) is 31.0 Å². The minimum Gasteiger partial charge on any atom is -0.339 e. The fraction of sp³-hybridized carbons (Fsp3) is 0.409. The standard InChI is InChI=1S/C22H30N2O2S/c1-27(2,26)16-18-6-4-8-21(14-18)22(25)24-11-9-19(10-12-24)20-7-3-5-17(13-20)15-23/h3-8,13-14,19,27H,9-12,15-16,23H2,1-2H3. The Morgan fingerprint density at radius 3 is 2.41 bits per heavy atom. The van der Waals surface area contributed by atoms with Gasteiger partial charge in [-0.2, -0.15) is 0 Å². The van der Waals surface area contributed by atoms with Gasteiger partial charge < -0.3 is 10.6 Å². The Hall–Kier alpha value is -1.98. The Morgan fingerprint density at radius 1 is 1.07 bits per heavy atom. The Morgan fingerprint density at radius 2 is 1.74 bits per heavy atom. The number of carbonyl (C=O) groups is 1. The van der Waals surface area contributed by atoms with Crippen molar-refractivity contribution in [3.05, 3.63) is 70.8 Å². The molecule has 2 aromatic rings. The van der Waals surface area contributed by atoms with Crippen LogP contribution in [0.15, 0.2) is 48.5 Å². The van der Waals surface area contributed by atoms with Gasteiger partial charge in [0.1, 0.15) is 0 Å². The molecule has 1 amide bonds. The zero-order valence-corrected chi connectivity index (χ0v) is 17.1. The molecule has 0 spiro atoms. The smallest absolute Gasteiger partial charge is 0.253 e. The average molecular weight is 387 g/mol. The third kappa shape index (κ3) is 5.27. The molecule has 4 nitrogen and oxygen atoms in total. The fourth-order valence-corrected chi connectivity index (χ4v) is 4.89. The number of nitrogens with two attached hydrogens (primary N) is 1. The summed E-state index contributed by atoms with van der Waals surface area (Å²) in [4.78, 5) is 14.8. The molecule has 0 bridgehead atoms. The van der Waals surface area contributed by atoms with Crippen LogP contribution in [0.25, 0.3) is 0 Å². The summed E-state index contributed by atoms with van der Waals surface area (Å²) >= 11 is 0. The highest BCUT2D eigenvalue weighted by molar-refractivity contribution is 8.00. The number of hydrogen-bond acceptors (Lipinski definition) is 3. The Balaban J connectivity index is 1.64. The van der Waals surface area contributed by atoms with Crippen molar-refractivity contribution in [1.82, 2.24) is 4.90 Å². The molecule has 1 aliphatic rings. The molecular weight excluding hydrogens is 356 g/mol. The van der Waals surface area contributed by atoms with Crippen molar-refractivity contribution in [2.75, 3.05) is 25.6 Å². The molecule has 1 fully saturated rings. The number of piperidine rings is 1. The Kier molecular flexibility index (Phi) is 6.12. The van der Waals surface area contributed by atoms with Gasteiger partial charge in [-0.3, -0.25) is 9.00 Å². The maximum absolute atomic E-state index is 12.9. The van der Waals surface area contributed by atoms with E-state index < -0.39 is 9.93 Å². The third-order valence-electron chi connectivity index (χ3n) is 5.18. The van der Waals surface area contributed by atoms with E-state index >= 15 is 0 Å². The number of nitrogens with zero attached hydrogens (tertiary/aromatic N) is 1. The van der Waals surface area contributed by atoms with Crippen LogP contribution in [-0.2, 0) is 22.2 Å². The van der Waals surface area contributed by atoms with Crippen LogP contribution in [0.3, 0.4) is 0 Å². The minimum absolute atomic E-state index is 0.0769. The second kappa shape index (κ2) is 8.36. The first-order valence-electron chi connectivity index (χ1n) is 9.57. The van der Waals surface area contributed by atoms with Gasteiger partial charge in [0.2, 0.25) is 0 Å². The van der Waals surface area contributed by atoms with Gasteiger partial charge in [0.15, 0.2) is 0 Å². The van der Waals surface area contributed by atoms with Gasteiger partial charge in [-0.15, -0.1) is 9.93 Å². The predicted molar refractivity (Wildman–Crippen MR) is 114 cm³/mol. The third-order valence-corrected chi connectivity index (χ3v) is 6.30. The number of thiol groups is 1. The summed E-state index contributed by atoms with van der Waals surface area (Å²) in [5.41, 5.74) is 9.91. The molecule has 2 N–H and O–H groups in total. The maximum atomic E-state index is 12.9. The van der Waals surface area contributed by atoms with Crippen LogP contribution in [0.1, 0.15) is 45.8 Å². The lowest BCUT2D eigenvalue weighted by molar-refractivity contribution is 0.0713. The zero-order chi connectivity index (χ0) is 19.4. The highest BCUT2D eigenvalue weighted by Crippen LogP contribution is 2.29. The molecule has 5 heteroatoms. The van der Waals surface area contributed by atoms with Gasteiger partial charge in [-0.25, -0.2) is 0 Å². The topological polar surface area (TPSA) is 63.4 Å². The van der Waals surface area contributed by atoms with Crippen LogP contribution in [0.4, 0.5) is 0 Å².